The Morgan fingerprint density at radius 3 is 2.06 bits per heavy atom. The van der Waals surface area contributed by atoms with Crippen molar-refractivity contribution in [3.63, 3.8) is 0 Å². The van der Waals surface area contributed by atoms with E-state index in [1.165, 1.54) is 11.0 Å². The summed E-state index contributed by atoms with van der Waals surface area (Å²) in [6.07, 6.45) is 0.234. The van der Waals surface area contributed by atoms with E-state index in [1.807, 2.05) is 48.5 Å². The van der Waals surface area contributed by atoms with Crippen molar-refractivity contribution < 1.29 is 24.2 Å². The number of nitrogens with one attached hydrogen (secondary N) is 2. The van der Waals surface area contributed by atoms with E-state index < -0.39 is 41.1 Å². The molecule has 0 aromatic heterocycles. The molecule has 3 amide bonds. The predicted molar refractivity (Wildman–Crippen MR) is 138 cm³/mol. The lowest BCUT2D eigenvalue weighted by molar-refractivity contribution is -0.146. The molecule has 198 valence electrons. The zero-order valence-corrected chi connectivity index (χ0v) is 23.1. The van der Waals surface area contributed by atoms with Gasteiger partial charge in [-0.2, -0.15) is 0 Å². The third kappa shape index (κ3) is 9.78. The van der Waals surface area contributed by atoms with E-state index >= 15 is 0 Å². The maximum atomic E-state index is 14.1. The molecule has 0 heterocycles. The number of nitrogens with zero attached hydrogens (tertiary/aromatic N) is 1. The number of ether oxygens (including phenoxy) is 1. The molecule has 0 radical (unpaired) electrons. The van der Waals surface area contributed by atoms with Crippen molar-refractivity contribution in [2.45, 2.75) is 111 Å². The van der Waals surface area contributed by atoms with Crippen LogP contribution in [-0.2, 0) is 14.3 Å². The van der Waals surface area contributed by atoms with Gasteiger partial charge in [0, 0.05) is 17.1 Å². The van der Waals surface area contributed by atoms with Crippen LogP contribution in [0.15, 0.2) is 24.3 Å². The van der Waals surface area contributed by atoms with Crippen molar-refractivity contribution in [1.82, 2.24) is 15.5 Å². The fourth-order valence-corrected chi connectivity index (χ4v) is 3.69. The second-order valence-corrected chi connectivity index (χ2v) is 11.5. The summed E-state index contributed by atoms with van der Waals surface area (Å²) in [6.45, 7) is 18.5. The topological polar surface area (TPSA) is 108 Å². The molecule has 3 N–H and O–H groups in total. The average Bonchev–Trinajstić information content (AvgIpc) is 2.68. The summed E-state index contributed by atoms with van der Waals surface area (Å²) in [5, 5.41) is 16.3. The molecular weight excluding hydrogens is 446 g/mol. The van der Waals surface area contributed by atoms with E-state index in [2.05, 4.69) is 10.6 Å². The highest BCUT2D eigenvalue weighted by molar-refractivity contribution is 5.93. The molecule has 1 aromatic rings. The number of carbonyl (C=O) groups is 3. The minimum absolute atomic E-state index is 0.0804. The predicted octanol–water partition coefficient (Wildman–Crippen LogP) is 4.91. The number of amides is 3. The number of phenols is 1. The molecule has 3 unspecified atom stereocenters. The van der Waals surface area contributed by atoms with Crippen molar-refractivity contribution in [3.05, 3.63) is 29.8 Å². The number of hydrogen-bond acceptors (Lipinski definition) is 5. The number of rotatable bonds is 9. The van der Waals surface area contributed by atoms with Gasteiger partial charge in [0.2, 0.25) is 11.8 Å². The Morgan fingerprint density at radius 2 is 1.60 bits per heavy atom. The molecule has 35 heavy (non-hydrogen) atoms. The Balaban J connectivity index is 3.58. The van der Waals surface area contributed by atoms with Crippen LogP contribution >= 0.6 is 0 Å². The molecule has 3 atom stereocenters. The average molecular weight is 492 g/mol. The van der Waals surface area contributed by atoms with Gasteiger partial charge in [-0.1, -0.05) is 39.0 Å². The van der Waals surface area contributed by atoms with E-state index in [4.69, 9.17) is 4.74 Å². The maximum absolute atomic E-state index is 14.1. The number of phenolic OH excluding ortho intramolecular Hbond substituents is 1. The number of hydrogen-bond donors (Lipinski definition) is 3. The summed E-state index contributed by atoms with van der Waals surface area (Å²) in [6, 6.07) is 4.17. The van der Waals surface area contributed by atoms with Crippen LogP contribution in [0.25, 0.3) is 0 Å². The first kappa shape index (κ1) is 30.3. The third-order valence-corrected chi connectivity index (χ3v) is 5.27. The van der Waals surface area contributed by atoms with Gasteiger partial charge in [0.25, 0.3) is 0 Å². The van der Waals surface area contributed by atoms with Gasteiger partial charge in [-0.3, -0.25) is 9.59 Å². The number of aromatic hydroxyl groups is 1. The summed E-state index contributed by atoms with van der Waals surface area (Å²) >= 11 is 0. The summed E-state index contributed by atoms with van der Waals surface area (Å²) in [4.78, 5) is 41.8. The first-order valence-electron chi connectivity index (χ1n) is 12.4. The lowest BCUT2D eigenvalue weighted by Gasteiger charge is -2.39. The van der Waals surface area contributed by atoms with Crippen LogP contribution in [0.1, 0.15) is 93.7 Å². The monoisotopic (exact) mass is 491 g/mol. The van der Waals surface area contributed by atoms with Crippen LogP contribution in [0, 0.1) is 5.92 Å². The summed E-state index contributed by atoms with van der Waals surface area (Å²) in [7, 11) is 0. The maximum Gasteiger partial charge on any atom is 0.408 e. The summed E-state index contributed by atoms with van der Waals surface area (Å²) in [5.74, 6) is -0.808. The van der Waals surface area contributed by atoms with Gasteiger partial charge in [0.1, 0.15) is 23.4 Å². The molecule has 1 aromatic carbocycles. The number of benzene rings is 1. The first-order valence-corrected chi connectivity index (χ1v) is 12.4. The highest BCUT2D eigenvalue weighted by Gasteiger charge is 2.40. The van der Waals surface area contributed by atoms with Crippen LogP contribution < -0.4 is 10.6 Å². The zero-order chi connectivity index (χ0) is 27.1. The molecule has 8 heteroatoms. The SMILES string of the molecule is CCC(C)N(C(=O)C(CC(C)C)NC(=O)OC(C)(C)C)C(C(=O)NC(C)(C)C)c1ccccc1O. The van der Waals surface area contributed by atoms with Gasteiger partial charge in [0.05, 0.1) is 0 Å². The lowest BCUT2D eigenvalue weighted by Crippen LogP contribution is -2.57. The molecule has 0 aliphatic heterocycles. The minimum Gasteiger partial charge on any atom is -0.508 e. The van der Waals surface area contributed by atoms with E-state index in [0.29, 0.717) is 18.4 Å². The standard InChI is InChI=1S/C27H45N3O5/c1-11-18(4)30(24(33)20(16-17(2)3)28-25(34)35-27(8,9)10)22(23(32)29-26(5,6)7)19-14-12-13-15-21(19)31/h12-15,17-18,20,22,31H,11,16H2,1-10H3,(H,28,34)(H,29,32). The molecule has 1 rings (SSSR count). The highest BCUT2D eigenvalue weighted by Crippen LogP contribution is 2.32. The second-order valence-electron chi connectivity index (χ2n) is 11.5. The van der Waals surface area contributed by atoms with Crippen molar-refractivity contribution in [3.8, 4) is 5.75 Å². The van der Waals surface area contributed by atoms with Crippen LogP contribution in [0.3, 0.4) is 0 Å². The molecule has 0 fully saturated rings. The van der Waals surface area contributed by atoms with E-state index in [0.717, 1.165) is 0 Å². The van der Waals surface area contributed by atoms with Crippen LogP contribution in [0.2, 0.25) is 0 Å². The summed E-state index contributed by atoms with van der Waals surface area (Å²) < 4.78 is 5.40. The quantitative estimate of drug-likeness (QED) is 0.455. The normalized spacial score (nSPS) is 14.6. The molecule has 0 saturated heterocycles. The molecular formula is C27H45N3O5. The number of carbonyl (C=O) groups excluding carboxylic acids is 3. The third-order valence-electron chi connectivity index (χ3n) is 5.27. The van der Waals surface area contributed by atoms with Gasteiger partial charge in [-0.25, -0.2) is 4.79 Å². The van der Waals surface area contributed by atoms with Crippen molar-refractivity contribution in [2.75, 3.05) is 0 Å². The van der Waals surface area contributed by atoms with E-state index in [1.54, 1.807) is 39.0 Å². The first-order chi connectivity index (χ1) is 16.0. The van der Waals surface area contributed by atoms with Crippen molar-refractivity contribution in [2.24, 2.45) is 5.92 Å². The Morgan fingerprint density at radius 1 is 1.03 bits per heavy atom. The van der Waals surface area contributed by atoms with Gasteiger partial charge in [-0.15, -0.1) is 0 Å². The second kappa shape index (κ2) is 12.3. The van der Waals surface area contributed by atoms with Crippen LogP contribution in [-0.4, -0.2) is 51.1 Å². The fourth-order valence-electron chi connectivity index (χ4n) is 3.69. The van der Waals surface area contributed by atoms with Crippen molar-refractivity contribution in [1.29, 1.82) is 0 Å². The number of para-hydroxylation sites is 1. The van der Waals surface area contributed by atoms with Gasteiger partial charge in [-0.05, 0) is 73.3 Å². The summed E-state index contributed by atoms with van der Waals surface area (Å²) in [5.41, 5.74) is -0.962. The molecule has 0 aliphatic carbocycles. The van der Waals surface area contributed by atoms with Crippen molar-refractivity contribution >= 4 is 17.9 Å². The lowest BCUT2D eigenvalue weighted by atomic mass is 9.96. The van der Waals surface area contributed by atoms with Crippen LogP contribution in [0.4, 0.5) is 4.79 Å². The Labute approximate surface area is 210 Å². The fraction of sp³-hybridized carbons (Fsp3) is 0.667. The molecule has 0 aliphatic rings. The molecule has 0 saturated carbocycles. The molecule has 0 spiro atoms. The Kier molecular flexibility index (Phi) is 10.6. The minimum atomic E-state index is -1.09. The Bertz CT molecular complexity index is 870. The van der Waals surface area contributed by atoms with E-state index in [9.17, 15) is 19.5 Å². The Hall–Kier alpha value is -2.77. The number of alkyl carbamates (subject to hydrolysis) is 1. The molecule has 0 bridgehead atoms. The smallest absolute Gasteiger partial charge is 0.408 e. The molecule has 8 nitrogen and oxygen atoms in total. The van der Waals surface area contributed by atoms with Crippen LogP contribution in [0.5, 0.6) is 5.75 Å². The zero-order valence-electron chi connectivity index (χ0n) is 23.1. The van der Waals surface area contributed by atoms with Gasteiger partial charge < -0.3 is 25.4 Å². The highest BCUT2D eigenvalue weighted by atomic mass is 16.6. The van der Waals surface area contributed by atoms with Gasteiger partial charge >= 0.3 is 6.09 Å². The largest absolute Gasteiger partial charge is 0.508 e. The van der Waals surface area contributed by atoms with Gasteiger partial charge in [0.15, 0.2) is 0 Å². The van der Waals surface area contributed by atoms with E-state index in [-0.39, 0.29) is 17.7 Å².